The standard InChI is InChI=1S/C22H21N3O2/c1-15-11-12-16(2)20(13-15)21(26)23-18-9-6-10-19(14-18)25-22(27)24-17-7-4-3-5-8-17/h3-14H,1-2H3,(H,23,26)(H2,24,25,27). The Labute approximate surface area is 158 Å². The van der Waals surface area contributed by atoms with Gasteiger partial charge < -0.3 is 16.0 Å². The molecule has 3 aromatic rings. The molecule has 0 aliphatic heterocycles. The van der Waals surface area contributed by atoms with E-state index in [0.29, 0.717) is 22.6 Å². The number of hydrogen-bond acceptors (Lipinski definition) is 2. The Morgan fingerprint density at radius 2 is 1.30 bits per heavy atom. The monoisotopic (exact) mass is 359 g/mol. The first-order valence-corrected chi connectivity index (χ1v) is 8.63. The maximum Gasteiger partial charge on any atom is 0.323 e. The first kappa shape index (κ1) is 18.2. The molecule has 0 fully saturated rings. The van der Waals surface area contributed by atoms with Gasteiger partial charge in [-0.3, -0.25) is 4.79 Å². The summed E-state index contributed by atoms with van der Waals surface area (Å²) in [5.41, 5.74) is 4.47. The predicted octanol–water partition coefficient (Wildman–Crippen LogP) is 5.20. The highest BCUT2D eigenvalue weighted by Crippen LogP contribution is 2.18. The van der Waals surface area contributed by atoms with E-state index in [-0.39, 0.29) is 11.9 Å². The van der Waals surface area contributed by atoms with Gasteiger partial charge in [0.2, 0.25) is 0 Å². The molecule has 0 bridgehead atoms. The minimum atomic E-state index is -0.348. The number of aryl methyl sites for hydroxylation is 2. The molecular formula is C22H21N3O2. The molecule has 136 valence electrons. The molecule has 0 aromatic heterocycles. The van der Waals surface area contributed by atoms with Gasteiger partial charge in [-0.15, -0.1) is 0 Å². The highest BCUT2D eigenvalue weighted by Gasteiger charge is 2.10. The molecule has 3 N–H and O–H groups in total. The van der Waals surface area contributed by atoms with Crippen molar-refractivity contribution in [1.82, 2.24) is 0 Å². The predicted molar refractivity (Wildman–Crippen MR) is 109 cm³/mol. The van der Waals surface area contributed by atoms with Crippen LogP contribution in [0.4, 0.5) is 21.9 Å². The molecule has 0 radical (unpaired) electrons. The van der Waals surface area contributed by atoms with Gasteiger partial charge in [-0.2, -0.15) is 0 Å². The number of amides is 3. The van der Waals surface area contributed by atoms with Gasteiger partial charge in [0.25, 0.3) is 5.91 Å². The lowest BCUT2D eigenvalue weighted by Gasteiger charge is -2.11. The maximum absolute atomic E-state index is 12.6. The van der Waals surface area contributed by atoms with Crippen LogP contribution in [0.15, 0.2) is 72.8 Å². The van der Waals surface area contributed by atoms with E-state index in [1.807, 2.05) is 50.2 Å². The summed E-state index contributed by atoms with van der Waals surface area (Å²) in [4.78, 5) is 24.7. The van der Waals surface area contributed by atoms with E-state index in [1.54, 1.807) is 36.4 Å². The van der Waals surface area contributed by atoms with Crippen LogP contribution in [0.1, 0.15) is 21.5 Å². The van der Waals surface area contributed by atoms with E-state index in [4.69, 9.17) is 0 Å². The Balaban J connectivity index is 1.67. The number of urea groups is 1. The number of rotatable bonds is 4. The smallest absolute Gasteiger partial charge is 0.322 e. The average molecular weight is 359 g/mol. The zero-order valence-corrected chi connectivity index (χ0v) is 15.2. The highest BCUT2D eigenvalue weighted by atomic mass is 16.2. The first-order valence-electron chi connectivity index (χ1n) is 8.63. The lowest BCUT2D eigenvalue weighted by atomic mass is 10.0. The van der Waals surface area contributed by atoms with Gasteiger partial charge in [0, 0.05) is 22.6 Å². The summed E-state index contributed by atoms with van der Waals surface area (Å²) >= 11 is 0. The highest BCUT2D eigenvalue weighted by molar-refractivity contribution is 6.06. The summed E-state index contributed by atoms with van der Waals surface area (Å²) in [6.07, 6.45) is 0. The molecule has 27 heavy (non-hydrogen) atoms. The van der Waals surface area contributed by atoms with Gasteiger partial charge in [-0.1, -0.05) is 42.0 Å². The molecule has 5 nitrogen and oxygen atoms in total. The lowest BCUT2D eigenvalue weighted by molar-refractivity contribution is 0.102. The van der Waals surface area contributed by atoms with Crippen molar-refractivity contribution >= 4 is 29.0 Å². The Kier molecular flexibility index (Phi) is 5.52. The second-order valence-electron chi connectivity index (χ2n) is 6.30. The molecule has 0 aliphatic rings. The van der Waals surface area contributed by atoms with Crippen LogP contribution < -0.4 is 16.0 Å². The zero-order valence-electron chi connectivity index (χ0n) is 15.2. The summed E-state index contributed by atoms with van der Waals surface area (Å²) < 4.78 is 0. The van der Waals surface area contributed by atoms with Crippen LogP contribution in [0, 0.1) is 13.8 Å². The molecule has 0 heterocycles. The molecule has 0 spiro atoms. The van der Waals surface area contributed by atoms with Gasteiger partial charge in [-0.05, 0) is 55.8 Å². The number of benzene rings is 3. The summed E-state index contributed by atoms with van der Waals surface area (Å²) in [7, 11) is 0. The van der Waals surface area contributed by atoms with Gasteiger partial charge >= 0.3 is 6.03 Å². The van der Waals surface area contributed by atoms with Crippen LogP contribution in [-0.4, -0.2) is 11.9 Å². The first-order chi connectivity index (χ1) is 13.0. The number of carbonyl (C=O) groups excluding carboxylic acids is 2. The number of para-hydroxylation sites is 1. The van der Waals surface area contributed by atoms with Crippen LogP contribution in [-0.2, 0) is 0 Å². The SMILES string of the molecule is Cc1ccc(C)c(C(=O)Nc2cccc(NC(=O)Nc3ccccc3)c2)c1. The Bertz CT molecular complexity index is 968. The van der Waals surface area contributed by atoms with Gasteiger partial charge in [0.15, 0.2) is 0 Å². The second-order valence-corrected chi connectivity index (χ2v) is 6.30. The number of hydrogen-bond donors (Lipinski definition) is 3. The molecule has 0 atom stereocenters. The van der Waals surface area contributed by atoms with Crippen molar-refractivity contribution in [2.75, 3.05) is 16.0 Å². The lowest BCUT2D eigenvalue weighted by Crippen LogP contribution is -2.19. The average Bonchev–Trinajstić information content (AvgIpc) is 2.64. The molecular weight excluding hydrogens is 338 g/mol. The van der Waals surface area contributed by atoms with Crippen molar-refractivity contribution in [3.8, 4) is 0 Å². The van der Waals surface area contributed by atoms with E-state index in [9.17, 15) is 9.59 Å². The fourth-order valence-electron chi connectivity index (χ4n) is 2.67. The van der Waals surface area contributed by atoms with Crippen molar-refractivity contribution in [2.24, 2.45) is 0 Å². The van der Waals surface area contributed by atoms with E-state index in [0.717, 1.165) is 11.1 Å². The van der Waals surface area contributed by atoms with Crippen LogP contribution in [0.25, 0.3) is 0 Å². The summed E-state index contributed by atoms with van der Waals surface area (Å²) in [6.45, 7) is 3.85. The molecule has 3 amide bonds. The van der Waals surface area contributed by atoms with Gasteiger partial charge in [0.05, 0.1) is 0 Å². The van der Waals surface area contributed by atoms with Crippen molar-refractivity contribution in [3.05, 3.63) is 89.5 Å². The Hall–Kier alpha value is -3.60. The number of carbonyl (C=O) groups is 2. The van der Waals surface area contributed by atoms with Gasteiger partial charge in [-0.25, -0.2) is 4.79 Å². The quantitative estimate of drug-likeness (QED) is 0.599. The Morgan fingerprint density at radius 1 is 0.667 bits per heavy atom. The summed E-state index contributed by atoms with van der Waals surface area (Å²) in [5.74, 6) is -0.179. The molecule has 3 aromatic carbocycles. The normalized spacial score (nSPS) is 10.1. The minimum Gasteiger partial charge on any atom is -0.322 e. The molecule has 0 saturated carbocycles. The van der Waals surface area contributed by atoms with Crippen LogP contribution in [0.2, 0.25) is 0 Å². The summed E-state index contributed by atoms with van der Waals surface area (Å²) in [5, 5.41) is 8.39. The van der Waals surface area contributed by atoms with E-state index in [2.05, 4.69) is 16.0 Å². The zero-order chi connectivity index (χ0) is 19.2. The van der Waals surface area contributed by atoms with Crippen molar-refractivity contribution in [3.63, 3.8) is 0 Å². The van der Waals surface area contributed by atoms with Crippen molar-refractivity contribution in [2.45, 2.75) is 13.8 Å². The van der Waals surface area contributed by atoms with Crippen molar-refractivity contribution in [1.29, 1.82) is 0 Å². The van der Waals surface area contributed by atoms with E-state index in [1.165, 1.54) is 0 Å². The molecule has 0 aliphatic carbocycles. The Morgan fingerprint density at radius 3 is 2.04 bits per heavy atom. The minimum absolute atomic E-state index is 0.179. The fraction of sp³-hybridized carbons (Fsp3) is 0.0909. The van der Waals surface area contributed by atoms with Crippen molar-refractivity contribution < 1.29 is 9.59 Å². The maximum atomic E-state index is 12.6. The third kappa shape index (κ3) is 4.95. The molecule has 3 rings (SSSR count). The number of nitrogens with one attached hydrogen (secondary N) is 3. The molecule has 0 saturated heterocycles. The molecule has 0 unspecified atom stereocenters. The van der Waals surface area contributed by atoms with Crippen LogP contribution >= 0.6 is 0 Å². The van der Waals surface area contributed by atoms with E-state index >= 15 is 0 Å². The van der Waals surface area contributed by atoms with Gasteiger partial charge in [0.1, 0.15) is 0 Å². The third-order valence-corrected chi connectivity index (χ3v) is 4.05. The molecule has 5 heteroatoms. The number of anilines is 3. The van der Waals surface area contributed by atoms with Crippen LogP contribution in [0.3, 0.4) is 0 Å². The third-order valence-electron chi connectivity index (χ3n) is 4.05. The summed E-state index contributed by atoms with van der Waals surface area (Å²) in [6, 6.07) is 21.6. The van der Waals surface area contributed by atoms with E-state index < -0.39 is 0 Å². The van der Waals surface area contributed by atoms with Crippen LogP contribution in [0.5, 0.6) is 0 Å². The topological polar surface area (TPSA) is 70.2 Å². The fourth-order valence-corrected chi connectivity index (χ4v) is 2.67. The second kappa shape index (κ2) is 8.19. The largest absolute Gasteiger partial charge is 0.323 e.